The summed E-state index contributed by atoms with van der Waals surface area (Å²) in [5.74, 6) is -1.42. The van der Waals surface area contributed by atoms with Crippen LogP contribution in [0.3, 0.4) is 0 Å². The zero-order valence-corrected chi connectivity index (χ0v) is 9.39. The number of halogens is 1. The Morgan fingerprint density at radius 2 is 2.11 bits per heavy atom. The molecule has 0 aliphatic heterocycles. The zero-order chi connectivity index (χ0) is 13.4. The highest BCUT2D eigenvalue weighted by Gasteiger charge is 2.17. The van der Waals surface area contributed by atoms with Crippen molar-refractivity contribution >= 4 is 34.2 Å². The van der Waals surface area contributed by atoms with E-state index >= 15 is 0 Å². The van der Waals surface area contributed by atoms with Crippen molar-refractivity contribution in [1.82, 2.24) is 4.98 Å². The molecular formula is C10H5ClN2O5. The largest absolute Gasteiger partial charge is 0.477 e. The number of H-pyrrole nitrogens is 1. The number of nitrogens with zero attached hydrogens (tertiary/aromatic N) is 1. The first kappa shape index (κ1) is 12.1. The number of hydrogen-bond donors (Lipinski definition) is 2. The average molecular weight is 269 g/mol. The molecular weight excluding hydrogens is 264 g/mol. The minimum Gasteiger partial charge on any atom is -0.477 e. The smallest absolute Gasteiger partial charge is 0.341 e. The quantitative estimate of drug-likeness (QED) is 0.636. The van der Waals surface area contributed by atoms with Gasteiger partial charge in [0.05, 0.1) is 20.8 Å². The van der Waals surface area contributed by atoms with Gasteiger partial charge in [-0.3, -0.25) is 14.9 Å². The highest BCUT2D eigenvalue weighted by molar-refractivity contribution is 6.35. The molecule has 2 N–H and O–H groups in total. The third-order valence-corrected chi connectivity index (χ3v) is 2.66. The van der Waals surface area contributed by atoms with Crippen LogP contribution in [0.4, 0.5) is 5.69 Å². The normalized spacial score (nSPS) is 10.5. The molecule has 0 fully saturated rings. The van der Waals surface area contributed by atoms with Gasteiger partial charge in [0.2, 0.25) is 5.43 Å². The molecule has 92 valence electrons. The summed E-state index contributed by atoms with van der Waals surface area (Å²) < 4.78 is 0. The number of carboxylic acids is 1. The van der Waals surface area contributed by atoms with Crippen molar-refractivity contribution in [2.45, 2.75) is 0 Å². The van der Waals surface area contributed by atoms with E-state index in [0.717, 1.165) is 18.3 Å². The first-order chi connectivity index (χ1) is 8.41. The molecule has 0 aliphatic carbocycles. The lowest BCUT2D eigenvalue weighted by atomic mass is 10.1. The zero-order valence-electron chi connectivity index (χ0n) is 8.64. The predicted molar refractivity (Wildman–Crippen MR) is 63.2 cm³/mol. The summed E-state index contributed by atoms with van der Waals surface area (Å²) in [5, 5.41) is 19.3. The number of aromatic carboxylic acids is 1. The molecule has 18 heavy (non-hydrogen) atoms. The van der Waals surface area contributed by atoms with Crippen LogP contribution in [0, 0.1) is 10.1 Å². The number of carboxylic acid groups (broad SMARTS) is 1. The molecule has 0 saturated heterocycles. The van der Waals surface area contributed by atoms with Crippen molar-refractivity contribution < 1.29 is 14.8 Å². The second kappa shape index (κ2) is 4.11. The van der Waals surface area contributed by atoms with Gasteiger partial charge in [-0.05, 0) is 0 Å². The second-order valence-corrected chi connectivity index (χ2v) is 3.85. The predicted octanol–water partition coefficient (Wildman–Crippen LogP) is 1.79. The van der Waals surface area contributed by atoms with Crippen LogP contribution in [0.25, 0.3) is 10.9 Å². The maximum atomic E-state index is 11.8. The van der Waals surface area contributed by atoms with E-state index in [2.05, 4.69) is 4.98 Å². The standard InChI is InChI=1S/C10H5ClN2O5/c11-7-2-4(13(17)18)1-5-8(7)12-3-6(9(5)14)10(15)16/h1-3H,(H,12,14)(H,15,16). The summed E-state index contributed by atoms with van der Waals surface area (Å²) in [6, 6.07) is 2.08. The van der Waals surface area contributed by atoms with Crippen molar-refractivity contribution in [2.24, 2.45) is 0 Å². The molecule has 8 heteroatoms. The summed E-state index contributed by atoms with van der Waals surface area (Å²) in [4.78, 5) is 35.1. The Morgan fingerprint density at radius 1 is 1.44 bits per heavy atom. The fourth-order valence-electron chi connectivity index (χ4n) is 1.54. The van der Waals surface area contributed by atoms with E-state index in [0.29, 0.717) is 0 Å². The van der Waals surface area contributed by atoms with E-state index in [4.69, 9.17) is 16.7 Å². The van der Waals surface area contributed by atoms with Gasteiger partial charge in [0.15, 0.2) is 0 Å². The molecule has 2 aromatic rings. The van der Waals surface area contributed by atoms with Crippen molar-refractivity contribution in [1.29, 1.82) is 0 Å². The van der Waals surface area contributed by atoms with Crippen LogP contribution >= 0.6 is 11.6 Å². The molecule has 0 bridgehead atoms. The summed E-state index contributed by atoms with van der Waals surface area (Å²) in [7, 11) is 0. The van der Waals surface area contributed by atoms with E-state index in [1.165, 1.54) is 0 Å². The van der Waals surface area contributed by atoms with Gasteiger partial charge in [0.25, 0.3) is 5.69 Å². The molecule has 1 aromatic carbocycles. The van der Waals surface area contributed by atoms with Gasteiger partial charge in [-0.25, -0.2) is 4.79 Å². The van der Waals surface area contributed by atoms with Gasteiger partial charge in [-0.1, -0.05) is 11.6 Å². The van der Waals surface area contributed by atoms with Gasteiger partial charge in [0.1, 0.15) is 5.56 Å². The van der Waals surface area contributed by atoms with E-state index in [9.17, 15) is 19.7 Å². The Labute approximate surface area is 104 Å². The molecule has 0 radical (unpaired) electrons. The van der Waals surface area contributed by atoms with E-state index in [-0.39, 0.29) is 21.6 Å². The molecule has 0 unspecified atom stereocenters. The Balaban J connectivity index is 2.91. The summed E-state index contributed by atoms with van der Waals surface area (Å²) in [6.45, 7) is 0. The van der Waals surface area contributed by atoms with Crippen molar-refractivity contribution in [3.05, 3.63) is 49.3 Å². The Morgan fingerprint density at radius 3 is 2.67 bits per heavy atom. The Kier molecular flexibility index (Phi) is 2.76. The molecule has 0 aliphatic rings. The molecule has 7 nitrogen and oxygen atoms in total. The lowest BCUT2D eigenvalue weighted by molar-refractivity contribution is -0.384. The number of rotatable bonds is 2. The fourth-order valence-corrected chi connectivity index (χ4v) is 1.81. The summed E-state index contributed by atoms with van der Waals surface area (Å²) >= 11 is 5.79. The maximum Gasteiger partial charge on any atom is 0.341 e. The Bertz CT molecular complexity index is 737. The maximum absolute atomic E-state index is 11.8. The van der Waals surface area contributed by atoms with Gasteiger partial charge < -0.3 is 10.1 Å². The SMILES string of the molecule is O=C(O)c1c[nH]c2c(Cl)cc([N+](=O)[O-])cc2c1=O. The number of carbonyl (C=O) groups is 1. The fraction of sp³-hybridized carbons (Fsp3) is 0. The topological polar surface area (TPSA) is 113 Å². The third kappa shape index (κ3) is 1.80. The van der Waals surface area contributed by atoms with Crippen molar-refractivity contribution in [3.63, 3.8) is 0 Å². The number of aromatic nitrogens is 1. The number of nitrogens with one attached hydrogen (secondary N) is 1. The van der Waals surface area contributed by atoms with E-state index < -0.39 is 21.9 Å². The monoisotopic (exact) mass is 268 g/mol. The average Bonchev–Trinajstić information content (AvgIpc) is 2.29. The molecule has 0 amide bonds. The number of aromatic amines is 1. The van der Waals surface area contributed by atoms with Crippen LogP contribution in [0.15, 0.2) is 23.1 Å². The van der Waals surface area contributed by atoms with E-state index in [1.807, 2.05) is 0 Å². The molecule has 1 heterocycles. The number of non-ortho nitro benzene ring substituents is 1. The summed E-state index contributed by atoms with van der Waals surface area (Å²) in [6.07, 6.45) is 1.00. The molecule has 2 rings (SSSR count). The van der Waals surface area contributed by atoms with Crippen LogP contribution < -0.4 is 5.43 Å². The minimum atomic E-state index is -1.42. The molecule has 0 spiro atoms. The summed E-state index contributed by atoms with van der Waals surface area (Å²) in [5.41, 5.74) is -1.53. The second-order valence-electron chi connectivity index (χ2n) is 3.44. The highest BCUT2D eigenvalue weighted by Crippen LogP contribution is 2.25. The third-order valence-electron chi connectivity index (χ3n) is 2.37. The van der Waals surface area contributed by atoms with Crippen LogP contribution in [0.2, 0.25) is 5.02 Å². The van der Waals surface area contributed by atoms with Crippen LogP contribution in [0.1, 0.15) is 10.4 Å². The van der Waals surface area contributed by atoms with Gasteiger partial charge in [-0.15, -0.1) is 0 Å². The number of hydrogen-bond acceptors (Lipinski definition) is 4. The molecule has 0 atom stereocenters. The van der Waals surface area contributed by atoms with Crippen LogP contribution in [-0.2, 0) is 0 Å². The van der Waals surface area contributed by atoms with Crippen molar-refractivity contribution in [3.8, 4) is 0 Å². The highest BCUT2D eigenvalue weighted by atomic mass is 35.5. The van der Waals surface area contributed by atoms with Crippen molar-refractivity contribution in [2.75, 3.05) is 0 Å². The minimum absolute atomic E-state index is 0.0201. The van der Waals surface area contributed by atoms with Crippen LogP contribution in [-0.4, -0.2) is 21.0 Å². The first-order valence-corrected chi connectivity index (χ1v) is 5.02. The number of pyridine rings is 1. The number of fused-ring (bicyclic) bond motifs is 1. The number of nitro groups is 1. The lowest BCUT2D eigenvalue weighted by Gasteiger charge is -2.02. The van der Waals surface area contributed by atoms with Crippen LogP contribution in [0.5, 0.6) is 0 Å². The van der Waals surface area contributed by atoms with E-state index in [1.54, 1.807) is 0 Å². The number of nitro benzene ring substituents is 1. The van der Waals surface area contributed by atoms with Gasteiger partial charge >= 0.3 is 5.97 Å². The first-order valence-electron chi connectivity index (χ1n) is 4.64. The molecule has 1 aromatic heterocycles. The van der Waals surface area contributed by atoms with Gasteiger partial charge in [-0.2, -0.15) is 0 Å². The number of benzene rings is 1. The Hall–Kier alpha value is -2.41. The lowest BCUT2D eigenvalue weighted by Crippen LogP contribution is -2.15. The molecule has 0 saturated carbocycles. The van der Waals surface area contributed by atoms with Gasteiger partial charge in [0, 0.05) is 18.3 Å².